The summed E-state index contributed by atoms with van der Waals surface area (Å²) in [5, 5.41) is 0. The van der Waals surface area contributed by atoms with Gasteiger partial charge >= 0.3 is 207 Å². The molecule has 0 amide bonds. The molecular weight excluding hydrogens is 161 g/mol. The number of rotatable bonds is 0. The molecular formula is Na7+7. The molecule has 0 spiro atoms. The summed E-state index contributed by atoms with van der Waals surface area (Å²) in [5.41, 5.74) is 0. The zero-order chi connectivity index (χ0) is 0. The summed E-state index contributed by atoms with van der Waals surface area (Å²) in [6.45, 7) is 0. The molecule has 0 atom stereocenters. The van der Waals surface area contributed by atoms with Gasteiger partial charge in [-0.1, -0.05) is 0 Å². The molecule has 0 aromatic carbocycles. The zero-order valence-corrected chi connectivity index (χ0v) is 21.0. The second-order valence-corrected chi connectivity index (χ2v) is 0. The van der Waals surface area contributed by atoms with Crippen LogP contribution in [-0.2, 0) is 0 Å². The molecule has 7 heavy (non-hydrogen) atoms. The fraction of sp³-hybridized carbons (Fsp3) is 0. The first-order valence-electron chi connectivity index (χ1n) is 0. The van der Waals surface area contributed by atoms with Crippen molar-refractivity contribution in [2.45, 2.75) is 0 Å². The predicted molar refractivity (Wildman–Crippen MR) is 0 cm³/mol. The maximum absolute atomic E-state index is 0. The van der Waals surface area contributed by atoms with Crippen LogP contribution in [0.5, 0.6) is 0 Å². The summed E-state index contributed by atoms with van der Waals surface area (Å²) in [6.07, 6.45) is 0. The van der Waals surface area contributed by atoms with Gasteiger partial charge in [-0.25, -0.2) is 0 Å². The average Bonchev–Trinajstić information content (AvgIpc) is 0. The van der Waals surface area contributed by atoms with Crippen molar-refractivity contribution < 1.29 is 207 Å². The van der Waals surface area contributed by atoms with Gasteiger partial charge in [-0.2, -0.15) is 0 Å². The smallest absolute Gasteiger partial charge is 1.00 e. The molecule has 0 heterocycles. The molecule has 0 N–H and O–H groups in total. The van der Waals surface area contributed by atoms with Gasteiger partial charge in [0.1, 0.15) is 0 Å². The molecule has 0 unspecified atom stereocenters. The second kappa shape index (κ2) is 38.2. The van der Waals surface area contributed by atoms with E-state index in [4.69, 9.17) is 0 Å². The Hall–Kier alpha value is 7.00. The molecule has 0 aromatic heterocycles. The van der Waals surface area contributed by atoms with E-state index in [0.717, 1.165) is 0 Å². The standard InChI is InChI=1S/7Na/q7*+1. The van der Waals surface area contributed by atoms with Crippen LogP contribution in [0.15, 0.2) is 0 Å². The SMILES string of the molecule is [Na+].[Na+].[Na+].[Na+].[Na+].[Na+].[Na+]. The van der Waals surface area contributed by atoms with Gasteiger partial charge in [-0.3, -0.25) is 0 Å². The predicted octanol–water partition coefficient (Wildman–Crippen LogP) is -21.0. The molecule has 0 aliphatic heterocycles. The van der Waals surface area contributed by atoms with Crippen LogP contribution in [0.4, 0.5) is 0 Å². The second-order valence-electron chi connectivity index (χ2n) is 0. The van der Waals surface area contributed by atoms with Crippen LogP contribution in [-0.4, -0.2) is 0 Å². The average molecular weight is 161 g/mol. The van der Waals surface area contributed by atoms with E-state index in [1.807, 2.05) is 0 Å². The Kier molecular flexibility index (Phi) is 264. The molecule has 0 aliphatic rings. The fourth-order valence-corrected chi connectivity index (χ4v) is 0. The summed E-state index contributed by atoms with van der Waals surface area (Å²) in [4.78, 5) is 0. The Bertz CT molecular complexity index is 0. The largest absolute Gasteiger partial charge is 1.00 e. The van der Waals surface area contributed by atoms with Crippen LogP contribution in [0, 0.1) is 0 Å². The molecule has 7 heteroatoms. The van der Waals surface area contributed by atoms with Crippen molar-refractivity contribution in [2.24, 2.45) is 0 Å². The van der Waals surface area contributed by atoms with E-state index >= 15 is 0 Å². The first-order valence-corrected chi connectivity index (χ1v) is 0. The van der Waals surface area contributed by atoms with Gasteiger partial charge in [-0.05, 0) is 0 Å². The molecule has 0 valence electrons. The summed E-state index contributed by atoms with van der Waals surface area (Å²) in [7, 11) is 0. The summed E-state index contributed by atoms with van der Waals surface area (Å²) in [5.74, 6) is 0. The Labute approximate surface area is 200 Å². The van der Waals surface area contributed by atoms with Crippen LogP contribution in [0.25, 0.3) is 0 Å². The van der Waals surface area contributed by atoms with Crippen LogP contribution < -0.4 is 207 Å². The normalized spacial score (nSPS) is 0. The van der Waals surface area contributed by atoms with Gasteiger partial charge in [0.2, 0.25) is 0 Å². The van der Waals surface area contributed by atoms with Crippen LogP contribution in [0.2, 0.25) is 0 Å². The third-order valence-corrected chi connectivity index (χ3v) is 0. The molecule has 0 bridgehead atoms. The minimum Gasteiger partial charge on any atom is 1.00 e. The monoisotopic (exact) mass is 161 g/mol. The fourth-order valence-electron chi connectivity index (χ4n) is 0. The summed E-state index contributed by atoms with van der Waals surface area (Å²) < 4.78 is 0. The Morgan fingerprint density at radius 2 is 0.143 bits per heavy atom. The Morgan fingerprint density at radius 3 is 0.143 bits per heavy atom. The van der Waals surface area contributed by atoms with E-state index in [-0.39, 0.29) is 207 Å². The van der Waals surface area contributed by atoms with E-state index < -0.39 is 0 Å². The third-order valence-electron chi connectivity index (χ3n) is 0. The van der Waals surface area contributed by atoms with Crippen molar-refractivity contribution in [1.82, 2.24) is 0 Å². The van der Waals surface area contributed by atoms with Crippen molar-refractivity contribution in [1.29, 1.82) is 0 Å². The zero-order valence-electron chi connectivity index (χ0n) is 7.00. The van der Waals surface area contributed by atoms with Crippen LogP contribution in [0.3, 0.4) is 0 Å². The molecule has 0 aromatic rings. The van der Waals surface area contributed by atoms with Gasteiger partial charge in [0.15, 0.2) is 0 Å². The minimum absolute atomic E-state index is 0. The van der Waals surface area contributed by atoms with Crippen molar-refractivity contribution >= 4 is 0 Å². The third kappa shape index (κ3) is 32.1. The van der Waals surface area contributed by atoms with Crippen LogP contribution >= 0.6 is 0 Å². The van der Waals surface area contributed by atoms with E-state index in [0.29, 0.717) is 0 Å². The van der Waals surface area contributed by atoms with E-state index in [2.05, 4.69) is 0 Å². The minimum atomic E-state index is 0. The Balaban J connectivity index is 0. The topological polar surface area (TPSA) is 0 Å². The molecule has 0 radical (unpaired) electrons. The number of hydrogen-bond donors (Lipinski definition) is 0. The molecule has 0 saturated heterocycles. The van der Waals surface area contributed by atoms with Gasteiger partial charge in [0, 0.05) is 0 Å². The van der Waals surface area contributed by atoms with Crippen molar-refractivity contribution in [3.05, 3.63) is 0 Å². The first-order chi connectivity index (χ1) is 0. The number of hydrogen-bond acceptors (Lipinski definition) is 0. The van der Waals surface area contributed by atoms with E-state index in [9.17, 15) is 0 Å². The van der Waals surface area contributed by atoms with E-state index in [1.165, 1.54) is 0 Å². The van der Waals surface area contributed by atoms with Gasteiger partial charge in [-0.15, -0.1) is 0 Å². The van der Waals surface area contributed by atoms with E-state index in [1.54, 1.807) is 0 Å². The van der Waals surface area contributed by atoms with Crippen molar-refractivity contribution in [3.63, 3.8) is 0 Å². The molecule has 0 saturated carbocycles. The van der Waals surface area contributed by atoms with Gasteiger partial charge in [0.25, 0.3) is 0 Å². The summed E-state index contributed by atoms with van der Waals surface area (Å²) >= 11 is 0. The van der Waals surface area contributed by atoms with Gasteiger partial charge < -0.3 is 0 Å². The molecule has 0 rings (SSSR count). The van der Waals surface area contributed by atoms with Crippen LogP contribution in [0.1, 0.15) is 0 Å². The first kappa shape index (κ1) is 48.3. The maximum atomic E-state index is 0. The molecule has 0 aliphatic carbocycles. The molecule has 0 fully saturated rings. The molecule has 0 nitrogen and oxygen atoms in total. The quantitative estimate of drug-likeness (QED) is 0.309. The van der Waals surface area contributed by atoms with Gasteiger partial charge in [0.05, 0.1) is 0 Å². The Morgan fingerprint density at radius 1 is 0.143 bits per heavy atom. The maximum Gasteiger partial charge on any atom is 1.00 e. The summed E-state index contributed by atoms with van der Waals surface area (Å²) in [6, 6.07) is 0. The van der Waals surface area contributed by atoms with Crippen molar-refractivity contribution in [3.8, 4) is 0 Å². The van der Waals surface area contributed by atoms with Crippen molar-refractivity contribution in [2.75, 3.05) is 0 Å².